The zero-order chi connectivity index (χ0) is 15.2. The molecule has 2 rings (SSSR count). The maximum absolute atomic E-state index is 13.2. The minimum atomic E-state index is -0.778. The smallest absolute Gasteiger partial charge is 0.279 e. The van der Waals surface area contributed by atoms with Crippen LogP contribution in [0.5, 0.6) is 0 Å². The fraction of sp³-hybridized carbons (Fsp3) is 0.375. The van der Waals surface area contributed by atoms with Crippen LogP contribution in [0.4, 0.5) is 4.39 Å². The first-order chi connectivity index (χ1) is 10.1. The fourth-order valence-corrected chi connectivity index (χ4v) is 1.86. The van der Waals surface area contributed by atoms with Gasteiger partial charge in [0.15, 0.2) is 5.83 Å². The van der Waals surface area contributed by atoms with E-state index in [1.54, 1.807) is 31.2 Å². The van der Waals surface area contributed by atoms with E-state index in [1.165, 1.54) is 6.08 Å². The number of carbonyl (C=O) groups excluding carboxylic acids is 2. The number of allylic oxidation sites excluding steroid dienone is 1. The van der Waals surface area contributed by atoms with Gasteiger partial charge in [-0.2, -0.15) is 0 Å². The molecule has 0 radical (unpaired) electrons. The summed E-state index contributed by atoms with van der Waals surface area (Å²) < 4.78 is 13.2. The van der Waals surface area contributed by atoms with Gasteiger partial charge >= 0.3 is 0 Å². The van der Waals surface area contributed by atoms with Crippen molar-refractivity contribution in [3.05, 3.63) is 47.3 Å². The number of rotatable bonds is 6. The molecule has 4 nitrogen and oxygen atoms in total. The SMILES string of the molecule is CCC=C(F)C(=O)NCc1cccc(C(=O)NC2CC2)c1. The third-order valence-electron chi connectivity index (χ3n) is 3.16. The number of amides is 2. The Kier molecular flexibility index (Phi) is 5.09. The Bertz CT molecular complexity index is 565. The first kappa shape index (κ1) is 15.2. The molecular weight excluding hydrogens is 271 g/mol. The van der Waals surface area contributed by atoms with Crippen LogP contribution < -0.4 is 10.6 Å². The maximum atomic E-state index is 13.2. The van der Waals surface area contributed by atoms with Crippen molar-refractivity contribution in [3.63, 3.8) is 0 Å². The topological polar surface area (TPSA) is 58.2 Å². The van der Waals surface area contributed by atoms with E-state index in [0.29, 0.717) is 18.0 Å². The molecule has 0 unspecified atom stereocenters. The lowest BCUT2D eigenvalue weighted by Gasteiger charge is -2.07. The maximum Gasteiger partial charge on any atom is 0.279 e. The highest BCUT2D eigenvalue weighted by molar-refractivity contribution is 5.94. The highest BCUT2D eigenvalue weighted by Crippen LogP contribution is 2.19. The molecule has 21 heavy (non-hydrogen) atoms. The molecule has 2 amide bonds. The van der Waals surface area contributed by atoms with E-state index in [9.17, 15) is 14.0 Å². The Labute approximate surface area is 123 Å². The average Bonchev–Trinajstić information content (AvgIpc) is 3.29. The molecule has 1 aromatic carbocycles. The third kappa shape index (κ3) is 4.70. The van der Waals surface area contributed by atoms with Gasteiger partial charge in [-0.15, -0.1) is 0 Å². The Morgan fingerprint density at radius 3 is 2.81 bits per heavy atom. The molecule has 0 aromatic heterocycles. The summed E-state index contributed by atoms with van der Waals surface area (Å²) in [5, 5.41) is 5.39. The van der Waals surface area contributed by atoms with E-state index in [-0.39, 0.29) is 12.5 Å². The van der Waals surface area contributed by atoms with Crippen molar-refractivity contribution < 1.29 is 14.0 Å². The quantitative estimate of drug-likeness (QED) is 0.791. The number of hydrogen-bond acceptors (Lipinski definition) is 2. The highest BCUT2D eigenvalue weighted by atomic mass is 19.1. The van der Waals surface area contributed by atoms with Gasteiger partial charge in [-0.05, 0) is 43.0 Å². The van der Waals surface area contributed by atoms with Gasteiger partial charge < -0.3 is 10.6 Å². The predicted molar refractivity (Wildman–Crippen MR) is 78.3 cm³/mol. The van der Waals surface area contributed by atoms with E-state index >= 15 is 0 Å². The van der Waals surface area contributed by atoms with Gasteiger partial charge in [-0.25, -0.2) is 4.39 Å². The summed E-state index contributed by atoms with van der Waals surface area (Å²) in [5.74, 6) is -1.62. The minimum Gasteiger partial charge on any atom is -0.349 e. The molecule has 1 saturated carbocycles. The lowest BCUT2D eigenvalue weighted by molar-refractivity contribution is -0.119. The standard InChI is InChI=1S/C16H19FN2O2/c1-2-4-14(17)16(21)18-10-11-5-3-6-12(9-11)15(20)19-13-7-8-13/h3-6,9,13H,2,7-8,10H2,1H3,(H,18,21)(H,19,20). The van der Waals surface area contributed by atoms with E-state index < -0.39 is 11.7 Å². The summed E-state index contributed by atoms with van der Waals surface area (Å²) in [4.78, 5) is 23.4. The van der Waals surface area contributed by atoms with E-state index in [2.05, 4.69) is 10.6 Å². The minimum absolute atomic E-state index is 0.109. The fourth-order valence-electron chi connectivity index (χ4n) is 1.86. The molecule has 0 spiro atoms. The van der Waals surface area contributed by atoms with Gasteiger partial charge in [0.2, 0.25) is 0 Å². The molecule has 1 aliphatic rings. The van der Waals surface area contributed by atoms with Crippen LogP contribution in [-0.2, 0) is 11.3 Å². The van der Waals surface area contributed by atoms with Crippen molar-refractivity contribution in [1.29, 1.82) is 0 Å². The predicted octanol–water partition coefficient (Wildman–Crippen LogP) is 2.46. The molecule has 5 heteroatoms. The van der Waals surface area contributed by atoms with Crippen LogP contribution in [-0.4, -0.2) is 17.9 Å². The van der Waals surface area contributed by atoms with Crippen LogP contribution in [0.15, 0.2) is 36.2 Å². The second kappa shape index (κ2) is 7.02. The van der Waals surface area contributed by atoms with Crippen molar-refractivity contribution >= 4 is 11.8 Å². The number of nitrogens with one attached hydrogen (secondary N) is 2. The van der Waals surface area contributed by atoms with E-state index in [1.807, 2.05) is 0 Å². The summed E-state index contributed by atoms with van der Waals surface area (Å²) in [7, 11) is 0. The Balaban J connectivity index is 1.92. The molecule has 2 N–H and O–H groups in total. The number of carbonyl (C=O) groups is 2. The van der Waals surface area contributed by atoms with Crippen LogP contribution >= 0.6 is 0 Å². The van der Waals surface area contributed by atoms with Gasteiger partial charge in [0.05, 0.1) is 0 Å². The molecule has 1 aromatic rings. The Morgan fingerprint density at radius 1 is 1.38 bits per heavy atom. The average molecular weight is 290 g/mol. The first-order valence-corrected chi connectivity index (χ1v) is 7.13. The summed E-state index contributed by atoms with van der Waals surface area (Å²) in [6, 6.07) is 7.27. The van der Waals surface area contributed by atoms with Crippen LogP contribution in [0, 0.1) is 0 Å². The normalized spacial score (nSPS) is 14.7. The van der Waals surface area contributed by atoms with Crippen molar-refractivity contribution in [2.75, 3.05) is 0 Å². The zero-order valence-corrected chi connectivity index (χ0v) is 12.0. The van der Waals surface area contributed by atoms with Crippen LogP contribution in [0.2, 0.25) is 0 Å². The second-order valence-corrected chi connectivity index (χ2v) is 5.09. The summed E-state index contributed by atoms with van der Waals surface area (Å²) in [6.45, 7) is 1.95. The lowest BCUT2D eigenvalue weighted by atomic mass is 10.1. The molecule has 112 valence electrons. The van der Waals surface area contributed by atoms with Gasteiger partial charge in [0.25, 0.3) is 11.8 Å². The summed E-state index contributed by atoms with van der Waals surface area (Å²) in [5.41, 5.74) is 1.31. The Morgan fingerprint density at radius 2 is 2.14 bits per heavy atom. The zero-order valence-electron chi connectivity index (χ0n) is 12.0. The summed E-state index contributed by atoms with van der Waals surface area (Å²) in [6.07, 6.45) is 3.76. The molecule has 0 heterocycles. The number of benzene rings is 1. The number of halogens is 1. The molecule has 0 bridgehead atoms. The van der Waals surface area contributed by atoms with Crippen LogP contribution in [0.3, 0.4) is 0 Å². The second-order valence-electron chi connectivity index (χ2n) is 5.09. The van der Waals surface area contributed by atoms with E-state index in [4.69, 9.17) is 0 Å². The first-order valence-electron chi connectivity index (χ1n) is 7.13. The number of hydrogen-bond donors (Lipinski definition) is 2. The monoisotopic (exact) mass is 290 g/mol. The van der Waals surface area contributed by atoms with Gasteiger partial charge in [0, 0.05) is 18.2 Å². The molecule has 1 fully saturated rings. The lowest BCUT2D eigenvalue weighted by Crippen LogP contribution is -2.26. The largest absolute Gasteiger partial charge is 0.349 e. The Hall–Kier alpha value is -2.17. The van der Waals surface area contributed by atoms with Crippen molar-refractivity contribution in [2.45, 2.75) is 38.8 Å². The molecule has 0 aliphatic heterocycles. The summed E-state index contributed by atoms with van der Waals surface area (Å²) >= 11 is 0. The molecule has 0 saturated heterocycles. The van der Waals surface area contributed by atoms with E-state index in [0.717, 1.165) is 18.4 Å². The highest BCUT2D eigenvalue weighted by Gasteiger charge is 2.23. The third-order valence-corrected chi connectivity index (χ3v) is 3.16. The van der Waals surface area contributed by atoms with Gasteiger partial charge in [0.1, 0.15) is 0 Å². The molecule has 0 atom stereocenters. The molecular formula is C16H19FN2O2. The molecule has 1 aliphatic carbocycles. The van der Waals surface area contributed by atoms with Crippen molar-refractivity contribution in [2.24, 2.45) is 0 Å². The van der Waals surface area contributed by atoms with Crippen molar-refractivity contribution in [3.8, 4) is 0 Å². The van der Waals surface area contributed by atoms with Crippen molar-refractivity contribution in [1.82, 2.24) is 10.6 Å². The van der Waals surface area contributed by atoms with Crippen LogP contribution in [0.25, 0.3) is 0 Å². The van der Waals surface area contributed by atoms with Crippen LogP contribution in [0.1, 0.15) is 42.1 Å². The van der Waals surface area contributed by atoms with Gasteiger partial charge in [-0.3, -0.25) is 9.59 Å². The van der Waals surface area contributed by atoms with Gasteiger partial charge in [-0.1, -0.05) is 19.1 Å².